The first kappa shape index (κ1) is 21.4. The molecule has 8 nitrogen and oxygen atoms in total. The van der Waals surface area contributed by atoms with Crippen LogP contribution in [0.2, 0.25) is 0 Å². The van der Waals surface area contributed by atoms with Gasteiger partial charge >= 0.3 is 6.18 Å². The van der Waals surface area contributed by atoms with Crippen molar-refractivity contribution >= 4 is 21.4 Å². The van der Waals surface area contributed by atoms with E-state index in [1.807, 2.05) is 0 Å². The monoisotopic (exact) mass is 461 g/mol. The van der Waals surface area contributed by atoms with Crippen LogP contribution >= 0.6 is 0 Å². The lowest BCUT2D eigenvalue weighted by Crippen LogP contribution is -2.24. The average molecular weight is 461 g/mol. The van der Waals surface area contributed by atoms with Gasteiger partial charge in [-0.2, -0.15) is 13.2 Å². The number of sulfone groups is 1. The maximum absolute atomic E-state index is 12.9. The summed E-state index contributed by atoms with van der Waals surface area (Å²) in [5.41, 5.74) is -0.0191. The molecule has 0 atom stereocenters. The first-order chi connectivity index (χ1) is 15.1. The number of fused-ring (bicyclic) bond motifs is 1. The van der Waals surface area contributed by atoms with Crippen LogP contribution in [0.25, 0.3) is 5.65 Å². The molecule has 0 saturated carbocycles. The van der Waals surface area contributed by atoms with E-state index in [4.69, 9.17) is 0 Å². The fourth-order valence-electron chi connectivity index (χ4n) is 2.86. The van der Waals surface area contributed by atoms with E-state index in [0.717, 1.165) is 30.6 Å². The number of nitrogens with zero attached hydrogens (tertiary/aromatic N) is 4. The standard InChI is InChI=1S/C20H14F3N5O3S/c21-20(22,23)14-2-1-3-15(8-14)32(30,31)16-9-25-17(26-10-16)11-27-19(29)13-4-5-18-24-6-7-28(18)12-13/h1-10,12H,11H2,(H,27,29). The Balaban J connectivity index is 1.47. The van der Waals surface area contributed by atoms with E-state index in [-0.39, 0.29) is 17.3 Å². The molecule has 0 aliphatic rings. The molecule has 164 valence electrons. The molecule has 32 heavy (non-hydrogen) atoms. The van der Waals surface area contributed by atoms with Crippen molar-refractivity contribution in [3.05, 3.63) is 84.3 Å². The highest BCUT2D eigenvalue weighted by Crippen LogP contribution is 2.31. The largest absolute Gasteiger partial charge is 0.416 e. The van der Waals surface area contributed by atoms with Crippen molar-refractivity contribution in [2.75, 3.05) is 0 Å². The number of benzene rings is 1. The Bertz CT molecular complexity index is 1400. The molecule has 0 bridgehead atoms. The van der Waals surface area contributed by atoms with Crippen molar-refractivity contribution in [2.45, 2.75) is 22.5 Å². The number of nitrogens with one attached hydrogen (secondary N) is 1. The van der Waals surface area contributed by atoms with E-state index < -0.39 is 32.4 Å². The van der Waals surface area contributed by atoms with Crippen LogP contribution in [0.3, 0.4) is 0 Å². The van der Waals surface area contributed by atoms with Crippen LogP contribution in [-0.2, 0) is 22.6 Å². The number of rotatable bonds is 5. The Hall–Kier alpha value is -3.80. The van der Waals surface area contributed by atoms with Crippen molar-refractivity contribution in [2.24, 2.45) is 0 Å². The number of halogens is 3. The summed E-state index contributed by atoms with van der Waals surface area (Å²) in [7, 11) is -4.25. The normalized spacial score (nSPS) is 12.1. The number of carbonyl (C=O) groups excluding carboxylic acids is 1. The third kappa shape index (κ3) is 4.30. The van der Waals surface area contributed by atoms with Crippen LogP contribution < -0.4 is 5.32 Å². The molecule has 0 radical (unpaired) electrons. The molecule has 3 aromatic heterocycles. The molecular weight excluding hydrogens is 447 g/mol. The SMILES string of the molecule is O=C(NCc1ncc(S(=O)(=O)c2cccc(C(F)(F)F)c2)cn1)c1ccc2nccn2c1. The lowest BCUT2D eigenvalue weighted by atomic mass is 10.2. The minimum atomic E-state index is -4.67. The Labute approximate surface area is 179 Å². The van der Waals surface area contributed by atoms with E-state index in [2.05, 4.69) is 20.3 Å². The molecule has 1 N–H and O–H groups in total. The van der Waals surface area contributed by atoms with Crippen LogP contribution in [0, 0.1) is 0 Å². The number of hydrogen-bond acceptors (Lipinski definition) is 6. The van der Waals surface area contributed by atoms with Crippen LogP contribution in [0.1, 0.15) is 21.7 Å². The second kappa shape index (κ2) is 8.04. The van der Waals surface area contributed by atoms with Gasteiger partial charge in [0.05, 0.1) is 22.6 Å². The van der Waals surface area contributed by atoms with Gasteiger partial charge in [-0.3, -0.25) is 4.79 Å². The van der Waals surface area contributed by atoms with Gasteiger partial charge in [0.1, 0.15) is 16.4 Å². The molecule has 1 amide bonds. The molecular formula is C20H14F3N5O3S. The summed E-state index contributed by atoms with van der Waals surface area (Å²) < 4.78 is 65.6. The highest BCUT2D eigenvalue weighted by atomic mass is 32.2. The zero-order valence-corrected chi connectivity index (χ0v) is 16.9. The molecule has 4 aromatic rings. The van der Waals surface area contributed by atoms with Crippen LogP contribution in [0.15, 0.2) is 77.2 Å². The highest BCUT2D eigenvalue weighted by molar-refractivity contribution is 7.91. The number of amides is 1. The molecule has 0 saturated heterocycles. The molecule has 0 unspecified atom stereocenters. The minimum Gasteiger partial charge on any atom is -0.345 e. The number of aromatic nitrogens is 4. The number of imidazole rings is 1. The van der Waals surface area contributed by atoms with Crippen molar-refractivity contribution < 1.29 is 26.4 Å². The number of carbonyl (C=O) groups is 1. The number of pyridine rings is 1. The zero-order chi connectivity index (χ0) is 22.9. The number of alkyl halides is 3. The van der Waals surface area contributed by atoms with Crippen LogP contribution in [-0.4, -0.2) is 33.7 Å². The summed E-state index contributed by atoms with van der Waals surface area (Å²) >= 11 is 0. The second-order valence-corrected chi connectivity index (χ2v) is 8.61. The van der Waals surface area contributed by atoms with Crippen LogP contribution in [0.4, 0.5) is 13.2 Å². The van der Waals surface area contributed by atoms with Gasteiger partial charge < -0.3 is 9.72 Å². The second-order valence-electron chi connectivity index (χ2n) is 6.66. The molecule has 0 spiro atoms. The maximum Gasteiger partial charge on any atom is 0.416 e. The van der Waals surface area contributed by atoms with Crippen molar-refractivity contribution in [1.82, 2.24) is 24.7 Å². The van der Waals surface area contributed by atoms with Gasteiger partial charge in [-0.15, -0.1) is 0 Å². The summed E-state index contributed by atoms with van der Waals surface area (Å²) in [6, 6.07) is 6.70. The fourth-order valence-corrected chi connectivity index (χ4v) is 4.06. The first-order valence-corrected chi connectivity index (χ1v) is 10.6. The quantitative estimate of drug-likeness (QED) is 0.490. The van der Waals surface area contributed by atoms with Gasteiger partial charge in [0, 0.05) is 31.0 Å². The molecule has 0 aliphatic carbocycles. The van der Waals surface area contributed by atoms with E-state index in [9.17, 15) is 26.4 Å². The van der Waals surface area contributed by atoms with Gasteiger partial charge in [0.25, 0.3) is 5.91 Å². The smallest absolute Gasteiger partial charge is 0.345 e. The summed E-state index contributed by atoms with van der Waals surface area (Å²) in [6.07, 6.45) is 2.19. The first-order valence-electron chi connectivity index (χ1n) is 9.09. The summed E-state index contributed by atoms with van der Waals surface area (Å²) in [5.74, 6) is -0.269. The van der Waals surface area contributed by atoms with Crippen LogP contribution in [0.5, 0.6) is 0 Å². The minimum absolute atomic E-state index is 0.0787. The van der Waals surface area contributed by atoms with Crippen molar-refractivity contribution in [1.29, 1.82) is 0 Å². The topological polar surface area (TPSA) is 106 Å². The maximum atomic E-state index is 12.9. The van der Waals surface area contributed by atoms with E-state index >= 15 is 0 Å². The fraction of sp³-hybridized carbons (Fsp3) is 0.100. The Morgan fingerprint density at radius 3 is 2.50 bits per heavy atom. The Morgan fingerprint density at radius 1 is 1.03 bits per heavy atom. The summed E-state index contributed by atoms with van der Waals surface area (Å²) in [6.45, 7) is -0.0787. The molecule has 3 heterocycles. The predicted molar refractivity (Wildman–Crippen MR) is 105 cm³/mol. The third-order valence-electron chi connectivity index (χ3n) is 4.52. The predicted octanol–water partition coefficient (Wildman–Crippen LogP) is 2.91. The van der Waals surface area contributed by atoms with Gasteiger partial charge in [-0.1, -0.05) is 6.07 Å². The molecule has 1 aromatic carbocycles. The molecule has 0 aliphatic heterocycles. The Kier molecular flexibility index (Phi) is 5.38. The van der Waals surface area contributed by atoms with E-state index in [1.54, 1.807) is 35.1 Å². The van der Waals surface area contributed by atoms with Gasteiger partial charge in [0.15, 0.2) is 0 Å². The molecule has 0 fully saturated rings. The van der Waals surface area contributed by atoms with Gasteiger partial charge in [-0.25, -0.2) is 23.4 Å². The van der Waals surface area contributed by atoms with Crippen molar-refractivity contribution in [3.63, 3.8) is 0 Å². The van der Waals surface area contributed by atoms with E-state index in [1.165, 1.54) is 0 Å². The lowest BCUT2D eigenvalue weighted by molar-refractivity contribution is -0.137. The highest BCUT2D eigenvalue weighted by Gasteiger charge is 2.32. The van der Waals surface area contributed by atoms with E-state index in [0.29, 0.717) is 17.3 Å². The third-order valence-corrected chi connectivity index (χ3v) is 6.23. The van der Waals surface area contributed by atoms with Gasteiger partial charge in [0.2, 0.25) is 9.84 Å². The number of hydrogen-bond donors (Lipinski definition) is 1. The molecule has 4 rings (SSSR count). The average Bonchev–Trinajstić information content (AvgIpc) is 3.25. The Morgan fingerprint density at radius 2 is 1.78 bits per heavy atom. The molecule has 12 heteroatoms. The van der Waals surface area contributed by atoms with Gasteiger partial charge in [-0.05, 0) is 30.3 Å². The summed E-state index contributed by atoms with van der Waals surface area (Å²) in [5, 5.41) is 2.61. The zero-order valence-electron chi connectivity index (χ0n) is 16.1. The summed E-state index contributed by atoms with van der Waals surface area (Å²) in [4.78, 5) is 23.3. The van der Waals surface area contributed by atoms with Crippen molar-refractivity contribution in [3.8, 4) is 0 Å². The lowest BCUT2D eigenvalue weighted by Gasteiger charge is -2.10.